The van der Waals surface area contributed by atoms with Crippen LogP contribution in [0.25, 0.3) is 0 Å². The molecular formula is C20H37IN4O3S. The first kappa shape index (κ1) is 24.8. The molecule has 0 saturated carbocycles. The molecule has 0 radical (unpaired) electrons. The van der Waals surface area contributed by atoms with Gasteiger partial charge in [0.15, 0.2) is 5.96 Å². The van der Waals surface area contributed by atoms with Gasteiger partial charge in [-0.1, -0.05) is 0 Å². The van der Waals surface area contributed by atoms with Crippen LogP contribution in [0.15, 0.2) is 4.99 Å². The van der Waals surface area contributed by atoms with Gasteiger partial charge in [-0.25, -0.2) is 4.79 Å². The number of aliphatic imine (C=N–C) groups is 1. The molecule has 3 aliphatic rings. The zero-order valence-corrected chi connectivity index (χ0v) is 21.2. The Kier molecular flexibility index (Phi) is 8.79. The van der Waals surface area contributed by atoms with Crippen LogP contribution in [-0.4, -0.2) is 76.0 Å². The van der Waals surface area contributed by atoms with Crippen LogP contribution < -0.4 is 10.6 Å². The molecule has 0 aromatic heterocycles. The maximum absolute atomic E-state index is 12.6. The highest BCUT2D eigenvalue weighted by atomic mass is 127. The second kappa shape index (κ2) is 10.3. The molecule has 7 nitrogen and oxygen atoms in total. The van der Waals surface area contributed by atoms with E-state index in [2.05, 4.69) is 15.6 Å². The molecule has 3 atom stereocenters. The zero-order valence-electron chi connectivity index (χ0n) is 18.1. The molecule has 3 heterocycles. The largest absolute Gasteiger partial charge is 0.444 e. The number of carbonyl (C=O) groups is 1. The average molecular weight is 541 g/mol. The van der Waals surface area contributed by atoms with Crippen LogP contribution in [0.4, 0.5) is 4.79 Å². The van der Waals surface area contributed by atoms with Crippen molar-refractivity contribution in [3.8, 4) is 0 Å². The third-order valence-corrected chi connectivity index (χ3v) is 6.87. The fourth-order valence-electron chi connectivity index (χ4n) is 4.37. The Hall–Kier alpha value is -0.420. The van der Waals surface area contributed by atoms with Gasteiger partial charge in [-0.3, -0.25) is 4.99 Å². The Morgan fingerprint density at radius 1 is 1.31 bits per heavy atom. The van der Waals surface area contributed by atoms with Crippen molar-refractivity contribution in [3.05, 3.63) is 0 Å². The van der Waals surface area contributed by atoms with Crippen LogP contribution in [0.1, 0.15) is 59.8 Å². The van der Waals surface area contributed by atoms with Crippen molar-refractivity contribution in [3.63, 3.8) is 0 Å². The second-order valence-corrected chi connectivity index (χ2v) is 10.4. The molecule has 0 aromatic rings. The predicted octanol–water partition coefficient (Wildman–Crippen LogP) is 2.96. The average Bonchev–Trinajstić information content (AvgIpc) is 3.14. The van der Waals surface area contributed by atoms with Gasteiger partial charge >= 0.3 is 6.09 Å². The van der Waals surface area contributed by atoms with Crippen LogP contribution >= 0.6 is 35.7 Å². The van der Waals surface area contributed by atoms with Gasteiger partial charge in [-0.15, -0.1) is 24.0 Å². The number of nitrogens with one attached hydrogen (secondary N) is 2. The Bertz CT molecular complexity index is 579. The van der Waals surface area contributed by atoms with Crippen LogP contribution in [0.2, 0.25) is 0 Å². The van der Waals surface area contributed by atoms with E-state index >= 15 is 0 Å². The second-order valence-electron chi connectivity index (χ2n) is 9.31. The minimum Gasteiger partial charge on any atom is -0.444 e. The number of hydrogen-bond acceptors (Lipinski definition) is 5. The molecule has 3 rings (SSSR count). The van der Waals surface area contributed by atoms with E-state index in [1.54, 1.807) is 11.8 Å². The standard InChI is InChI=1S/C20H36N4O3S.HI/c1-5-21-17(22-12-20(26)8-9-28-13-20)23-14-10-15-6-7-16(11-14)24(15)18(25)27-19(2,3)4;/h14-16,26H,5-13H2,1-4H3,(H2,21,22,23);1H. The summed E-state index contributed by atoms with van der Waals surface area (Å²) in [7, 11) is 0. The van der Waals surface area contributed by atoms with Crippen molar-refractivity contribution in [1.82, 2.24) is 15.5 Å². The van der Waals surface area contributed by atoms with Crippen molar-refractivity contribution in [1.29, 1.82) is 0 Å². The van der Waals surface area contributed by atoms with E-state index in [4.69, 9.17) is 4.74 Å². The lowest BCUT2D eigenvalue weighted by atomic mass is 9.98. The van der Waals surface area contributed by atoms with Crippen molar-refractivity contribution in [2.24, 2.45) is 4.99 Å². The summed E-state index contributed by atoms with van der Waals surface area (Å²) in [5.41, 5.74) is -1.14. The molecule has 29 heavy (non-hydrogen) atoms. The smallest absolute Gasteiger partial charge is 0.410 e. The van der Waals surface area contributed by atoms with Gasteiger partial charge in [-0.2, -0.15) is 11.8 Å². The van der Waals surface area contributed by atoms with Gasteiger partial charge in [0.05, 0.1) is 12.1 Å². The molecule has 3 aliphatic heterocycles. The van der Waals surface area contributed by atoms with Gasteiger partial charge in [0.25, 0.3) is 0 Å². The molecule has 3 fully saturated rings. The molecule has 1 amide bonds. The van der Waals surface area contributed by atoms with Crippen LogP contribution in [0.5, 0.6) is 0 Å². The first-order valence-electron chi connectivity index (χ1n) is 10.6. The van der Waals surface area contributed by atoms with Gasteiger partial charge in [0.1, 0.15) is 5.60 Å². The number of rotatable bonds is 4. The normalized spacial score (nSPS) is 32.0. The Labute approximate surface area is 196 Å². The number of carbonyl (C=O) groups excluding carboxylic acids is 1. The van der Waals surface area contributed by atoms with E-state index < -0.39 is 11.2 Å². The van der Waals surface area contributed by atoms with Crippen LogP contribution in [0, 0.1) is 0 Å². The molecule has 2 bridgehead atoms. The van der Waals surface area contributed by atoms with Crippen molar-refractivity contribution < 1.29 is 14.6 Å². The fraction of sp³-hybridized carbons (Fsp3) is 0.900. The highest BCUT2D eigenvalue weighted by Gasteiger charge is 2.45. The van der Waals surface area contributed by atoms with Gasteiger partial charge in [-0.05, 0) is 65.6 Å². The summed E-state index contributed by atoms with van der Waals surface area (Å²) in [4.78, 5) is 19.2. The highest BCUT2D eigenvalue weighted by molar-refractivity contribution is 14.0. The monoisotopic (exact) mass is 540 g/mol. The first-order valence-corrected chi connectivity index (χ1v) is 11.7. The number of hydrogen-bond donors (Lipinski definition) is 3. The molecule has 3 unspecified atom stereocenters. The lowest BCUT2D eigenvalue weighted by Gasteiger charge is -2.40. The maximum atomic E-state index is 12.6. The van der Waals surface area contributed by atoms with Gasteiger partial charge < -0.3 is 25.4 Å². The Morgan fingerprint density at radius 2 is 1.97 bits per heavy atom. The number of aliphatic hydroxyl groups is 1. The predicted molar refractivity (Wildman–Crippen MR) is 129 cm³/mol. The molecule has 3 N–H and O–H groups in total. The number of nitrogens with zero attached hydrogens (tertiary/aromatic N) is 2. The summed E-state index contributed by atoms with van der Waals surface area (Å²) < 4.78 is 5.62. The van der Waals surface area contributed by atoms with E-state index in [1.165, 1.54) is 0 Å². The third-order valence-electron chi connectivity index (χ3n) is 5.64. The van der Waals surface area contributed by atoms with E-state index in [0.29, 0.717) is 6.54 Å². The number of amides is 1. The maximum Gasteiger partial charge on any atom is 0.410 e. The Balaban J connectivity index is 0.00000300. The number of fused-ring (bicyclic) bond motifs is 2. The topological polar surface area (TPSA) is 86.2 Å². The quantitative estimate of drug-likeness (QED) is 0.289. The number of ether oxygens (including phenoxy) is 1. The summed E-state index contributed by atoms with van der Waals surface area (Å²) >= 11 is 1.79. The van der Waals surface area contributed by atoms with E-state index in [-0.39, 0.29) is 48.2 Å². The number of thioether (sulfide) groups is 1. The van der Waals surface area contributed by atoms with Crippen molar-refractivity contribution in [2.45, 2.75) is 89.1 Å². The summed E-state index contributed by atoms with van der Waals surface area (Å²) in [6.07, 6.45) is 4.50. The molecule has 0 spiro atoms. The Morgan fingerprint density at radius 3 is 2.48 bits per heavy atom. The number of halogens is 1. The van der Waals surface area contributed by atoms with Gasteiger partial charge in [0, 0.05) is 30.4 Å². The minimum atomic E-state index is -0.674. The molecular weight excluding hydrogens is 503 g/mol. The third kappa shape index (κ3) is 6.78. The van der Waals surface area contributed by atoms with Crippen molar-refractivity contribution >= 4 is 47.8 Å². The summed E-state index contributed by atoms with van der Waals surface area (Å²) in [6.45, 7) is 9.00. The van der Waals surface area contributed by atoms with Crippen molar-refractivity contribution in [2.75, 3.05) is 24.6 Å². The molecule has 3 saturated heterocycles. The van der Waals surface area contributed by atoms with E-state index in [0.717, 1.165) is 56.1 Å². The molecule has 0 aromatic carbocycles. The lowest BCUT2D eigenvalue weighted by molar-refractivity contribution is 0.00542. The minimum absolute atomic E-state index is 0. The zero-order chi connectivity index (χ0) is 20.4. The van der Waals surface area contributed by atoms with E-state index in [1.807, 2.05) is 32.6 Å². The lowest BCUT2D eigenvalue weighted by Crippen LogP contribution is -2.55. The fourth-order valence-corrected chi connectivity index (χ4v) is 5.65. The summed E-state index contributed by atoms with van der Waals surface area (Å²) in [5, 5.41) is 17.4. The molecule has 168 valence electrons. The SMILES string of the molecule is CCNC(=NCC1(O)CCSC1)NC1CC2CCC(C1)N2C(=O)OC(C)(C)C.I. The number of piperidine rings is 1. The van der Waals surface area contributed by atoms with Crippen LogP contribution in [0.3, 0.4) is 0 Å². The van der Waals surface area contributed by atoms with E-state index in [9.17, 15) is 9.90 Å². The first-order chi connectivity index (χ1) is 13.2. The van der Waals surface area contributed by atoms with Gasteiger partial charge in [0.2, 0.25) is 0 Å². The molecule has 9 heteroatoms. The summed E-state index contributed by atoms with van der Waals surface area (Å²) in [5.74, 6) is 2.53. The molecule has 0 aliphatic carbocycles. The highest BCUT2D eigenvalue weighted by Crippen LogP contribution is 2.37. The summed E-state index contributed by atoms with van der Waals surface area (Å²) in [6, 6.07) is 0.732. The number of guanidine groups is 1. The van der Waals surface area contributed by atoms with Crippen LogP contribution in [-0.2, 0) is 4.74 Å².